The van der Waals surface area contributed by atoms with Gasteiger partial charge in [0.2, 0.25) is 0 Å². The maximum absolute atomic E-state index is 12.2. The Labute approximate surface area is 131 Å². The Bertz CT molecular complexity index is 455. The van der Waals surface area contributed by atoms with Gasteiger partial charge in [-0.25, -0.2) is 0 Å². The molecule has 1 unspecified atom stereocenters. The van der Waals surface area contributed by atoms with Crippen LogP contribution >= 0.6 is 0 Å². The minimum atomic E-state index is -0.965. The lowest BCUT2D eigenvalue weighted by molar-refractivity contribution is 0.198. The molecule has 3 nitrogen and oxygen atoms in total. The van der Waals surface area contributed by atoms with Crippen LogP contribution in [0, 0.1) is 5.41 Å². The van der Waals surface area contributed by atoms with Crippen LogP contribution in [0.3, 0.4) is 0 Å². The third kappa shape index (κ3) is 8.22. The second-order valence-electron chi connectivity index (χ2n) is 7.55. The Kier molecular flexibility index (Phi) is 6.41. The molecule has 1 N–H and O–H groups in total. The van der Waals surface area contributed by atoms with E-state index in [9.17, 15) is 4.21 Å². The summed E-state index contributed by atoms with van der Waals surface area (Å²) in [5, 5.41) is 3.35. The first-order valence-electron chi connectivity index (χ1n) is 7.43. The molecule has 21 heavy (non-hydrogen) atoms. The number of nitrogens with one attached hydrogen (secondary N) is 1. The molecule has 0 aliphatic carbocycles. The standard InChI is InChI=1S/C17H29NO2S/c1-16(2,3)13-20-14-7-9-15(10-8-14)21(19)12-11-18-17(4,5)6/h7-10,18H,11-13H2,1-6H3. The summed E-state index contributed by atoms with van der Waals surface area (Å²) in [6.45, 7) is 14.2. The van der Waals surface area contributed by atoms with Crippen molar-refractivity contribution in [3.05, 3.63) is 24.3 Å². The number of hydrogen-bond donors (Lipinski definition) is 1. The van der Waals surface area contributed by atoms with Gasteiger partial charge >= 0.3 is 0 Å². The summed E-state index contributed by atoms with van der Waals surface area (Å²) in [6.07, 6.45) is 0. The topological polar surface area (TPSA) is 38.3 Å². The van der Waals surface area contributed by atoms with E-state index in [0.29, 0.717) is 12.4 Å². The number of rotatable bonds is 6. The smallest absolute Gasteiger partial charge is 0.119 e. The highest BCUT2D eigenvalue weighted by molar-refractivity contribution is 7.85. The highest BCUT2D eigenvalue weighted by atomic mass is 32.2. The second kappa shape index (κ2) is 7.41. The van der Waals surface area contributed by atoms with Gasteiger partial charge in [-0.3, -0.25) is 4.21 Å². The first kappa shape index (κ1) is 18.2. The zero-order chi connectivity index (χ0) is 16.1. The lowest BCUT2D eigenvalue weighted by Crippen LogP contribution is -2.38. The van der Waals surface area contributed by atoms with Crippen molar-refractivity contribution in [1.82, 2.24) is 5.32 Å². The van der Waals surface area contributed by atoms with E-state index in [2.05, 4.69) is 46.9 Å². The Morgan fingerprint density at radius 2 is 1.62 bits per heavy atom. The van der Waals surface area contributed by atoms with Crippen LogP contribution in [-0.2, 0) is 10.8 Å². The Morgan fingerprint density at radius 1 is 1.05 bits per heavy atom. The molecular weight excluding hydrogens is 282 g/mol. The fourth-order valence-corrected chi connectivity index (χ4v) is 2.59. The highest BCUT2D eigenvalue weighted by Crippen LogP contribution is 2.19. The van der Waals surface area contributed by atoms with Crippen LogP contribution in [0.1, 0.15) is 41.5 Å². The van der Waals surface area contributed by atoms with Crippen LogP contribution in [-0.4, -0.2) is 28.7 Å². The molecule has 0 aliphatic rings. The van der Waals surface area contributed by atoms with Crippen LogP contribution in [0.15, 0.2) is 29.2 Å². The fourth-order valence-electron chi connectivity index (χ4n) is 1.62. The minimum Gasteiger partial charge on any atom is -0.493 e. The third-order valence-electron chi connectivity index (χ3n) is 2.70. The molecule has 0 bridgehead atoms. The van der Waals surface area contributed by atoms with Crippen LogP contribution < -0.4 is 10.1 Å². The summed E-state index contributed by atoms with van der Waals surface area (Å²) in [4.78, 5) is 0.855. The van der Waals surface area contributed by atoms with Crippen LogP contribution in [0.4, 0.5) is 0 Å². The van der Waals surface area contributed by atoms with Gasteiger partial charge in [-0.05, 0) is 50.5 Å². The van der Waals surface area contributed by atoms with Crippen molar-refractivity contribution in [2.24, 2.45) is 5.41 Å². The van der Waals surface area contributed by atoms with Crippen LogP contribution in [0.25, 0.3) is 0 Å². The molecular formula is C17H29NO2S. The average Bonchev–Trinajstić information content (AvgIpc) is 2.34. The van der Waals surface area contributed by atoms with E-state index in [4.69, 9.17) is 4.74 Å². The number of benzene rings is 1. The molecule has 0 heterocycles. The Hall–Kier alpha value is -0.870. The quantitative estimate of drug-likeness (QED) is 0.872. The van der Waals surface area contributed by atoms with E-state index >= 15 is 0 Å². The lowest BCUT2D eigenvalue weighted by Gasteiger charge is -2.20. The van der Waals surface area contributed by atoms with Gasteiger partial charge in [0.15, 0.2) is 0 Å². The third-order valence-corrected chi connectivity index (χ3v) is 4.07. The van der Waals surface area contributed by atoms with E-state index in [1.54, 1.807) is 0 Å². The van der Waals surface area contributed by atoms with Gasteiger partial charge in [0.25, 0.3) is 0 Å². The van der Waals surface area contributed by atoms with E-state index in [1.165, 1.54) is 0 Å². The van der Waals surface area contributed by atoms with Crippen LogP contribution in [0.2, 0.25) is 0 Å². The summed E-state index contributed by atoms with van der Waals surface area (Å²) in [5.41, 5.74) is 0.203. The molecule has 0 saturated carbocycles. The fraction of sp³-hybridized carbons (Fsp3) is 0.647. The average molecular weight is 311 g/mol. The SMILES string of the molecule is CC(C)(C)COc1ccc(S(=O)CCNC(C)(C)C)cc1. The molecule has 1 aromatic carbocycles. The normalized spacial score (nSPS) is 14.0. The van der Waals surface area contributed by atoms with Gasteiger partial charge in [0.05, 0.1) is 17.4 Å². The molecule has 0 saturated heterocycles. The van der Waals surface area contributed by atoms with Gasteiger partial charge in [0, 0.05) is 22.7 Å². The first-order valence-corrected chi connectivity index (χ1v) is 8.75. The molecule has 0 aliphatic heterocycles. The predicted octanol–water partition coefficient (Wildman–Crippen LogP) is 3.61. The summed E-state index contributed by atoms with van der Waals surface area (Å²) in [6, 6.07) is 7.59. The number of hydrogen-bond acceptors (Lipinski definition) is 3. The van der Waals surface area contributed by atoms with E-state index in [0.717, 1.165) is 17.2 Å². The molecule has 0 amide bonds. The maximum Gasteiger partial charge on any atom is 0.119 e. The van der Waals surface area contributed by atoms with Crippen molar-refractivity contribution < 1.29 is 8.95 Å². The summed E-state index contributed by atoms with van der Waals surface area (Å²) >= 11 is 0. The van der Waals surface area contributed by atoms with Crippen LogP contribution in [0.5, 0.6) is 5.75 Å². The molecule has 0 radical (unpaired) electrons. The second-order valence-corrected chi connectivity index (χ2v) is 9.12. The van der Waals surface area contributed by atoms with Gasteiger partial charge in [-0.15, -0.1) is 0 Å². The van der Waals surface area contributed by atoms with Crippen molar-refractivity contribution in [1.29, 1.82) is 0 Å². The zero-order valence-electron chi connectivity index (χ0n) is 14.2. The van der Waals surface area contributed by atoms with Gasteiger partial charge in [-0.2, -0.15) is 0 Å². The highest BCUT2D eigenvalue weighted by Gasteiger charge is 2.12. The van der Waals surface area contributed by atoms with Crippen molar-refractivity contribution in [2.75, 3.05) is 18.9 Å². The first-order chi connectivity index (χ1) is 9.57. The minimum absolute atomic E-state index is 0.0643. The summed E-state index contributed by atoms with van der Waals surface area (Å²) in [5.74, 6) is 1.46. The molecule has 1 atom stereocenters. The maximum atomic E-state index is 12.2. The van der Waals surface area contributed by atoms with E-state index in [-0.39, 0.29) is 11.0 Å². The Morgan fingerprint density at radius 3 is 2.10 bits per heavy atom. The Balaban J connectivity index is 2.48. The molecule has 0 spiro atoms. The molecule has 0 fully saturated rings. The van der Waals surface area contributed by atoms with Gasteiger partial charge in [0.1, 0.15) is 5.75 Å². The largest absolute Gasteiger partial charge is 0.493 e. The van der Waals surface area contributed by atoms with E-state index in [1.807, 2.05) is 24.3 Å². The summed E-state index contributed by atoms with van der Waals surface area (Å²) in [7, 11) is -0.965. The lowest BCUT2D eigenvalue weighted by atomic mass is 9.99. The number of ether oxygens (including phenoxy) is 1. The summed E-state index contributed by atoms with van der Waals surface area (Å²) < 4.78 is 17.9. The monoisotopic (exact) mass is 311 g/mol. The van der Waals surface area contributed by atoms with Gasteiger partial charge in [-0.1, -0.05) is 20.8 Å². The van der Waals surface area contributed by atoms with E-state index < -0.39 is 10.8 Å². The van der Waals surface area contributed by atoms with Crippen molar-refractivity contribution in [3.8, 4) is 5.75 Å². The molecule has 4 heteroatoms. The van der Waals surface area contributed by atoms with Crippen molar-refractivity contribution >= 4 is 10.8 Å². The molecule has 0 aromatic heterocycles. The van der Waals surface area contributed by atoms with Gasteiger partial charge < -0.3 is 10.1 Å². The molecule has 120 valence electrons. The van der Waals surface area contributed by atoms with Crippen molar-refractivity contribution in [3.63, 3.8) is 0 Å². The van der Waals surface area contributed by atoms with Crippen molar-refractivity contribution in [2.45, 2.75) is 52.0 Å². The predicted molar refractivity (Wildman–Crippen MR) is 90.4 cm³/mol. The molecule has 1 aromatic rings. The molecule has 1 rings (SSSR count). The zero-order valence-corrected chi connectivity index (χ0v) is 15.0.